The summed E-state index contributed by atoms with van der Waals surface area (Å²) in [4.78, 5) is 24.7. The van der Waals surface area contributed by atoms with Crippen molar-refractivity contribution in [2.75, 3.05) is 0 Å². The van der Waals surface area contributed by atoms with Gasteiger partial charge in [-0.1, -0.05) is 0 Å². The number of rotatable bonds is 1. The summed E-state index contributed by atoms with van der Waals surface area (Å²) < 4.78 is 4.56. The normalized spacial score (nSPS) is 5.14. The fourth-order valence-corrected chi connectivity index (χ4v) is 0. The van der Waals surface area contributed by atoms with Gasteiger partial charge in [-0.05, 0) is 32.1 Å². The first-order chi connectivity index (χ1) is 6.51. The molecule has 0 fully saturated rings. The third-order valence-corrected chi connectivity index (χ3v) is 0.707. The second-order valence-electron chi connectivity index (χ2n) is 1.44. The van der Waals surface area contributed by atoms with Crippen LogP contribution in [0.5, 0.6) is 0 Å². The van der Waals surface area contributed by atoms with E-state index in [-0.39, 0.29) is 0 Å². The van der Waals surface area contributed by atoms with Crippen LogP contribution in [-0.2, 0) is 18.8 Å². The molecule has 0 amide bonds. The van der Waals surface area contributed by atoms with Crippen LogP contribution in [0.2, 0.25) is 0 Å². The zero-order valence-electron chi connectivity index (χ0n) is 7.55. The van der Waals surface area contributed by atoms with Crippen LogP contribution < -0.4 is 0 Å². The maximum Gasteiger partial charge on any atom is 0.246 e. The lowest BCUT2D eigenvalue weighted by Crippen LogP contribution is -1.95. The van der Waals surface area contributed by atoms with Crippen molar-refractivity contribution in [2.45, 2.75) is 20.0 Å². The van der Waals surface area contributed by atoms with Gasteiger partial charge in [0.15, 0.2) is 0 Å². The summed E-state index contributed by atoms with van der Waals surface area (Å²) in [7, 11) is 2.85. The van der Waals surface area contributed by atoms with Crippen LogP contribution in [-0.4, -0.2) is 34.8 Å². The van der Waals surface area contributed by atoms with Crippen LogP contribution in [0.1, 0.15) is 13.8 Å². The molecule has 0 heterocycles. The molecule has 0 spiro atoms. The molecule has 0 N–H and O–H groups in total. The largest absolute Gasteiger partial charge is 0.724 e. The summed E-state index contributed by atoms with van der Waals surface area (Å²) in [5.74, 6) is 0. The van der Waals surface area contributed by atoms with Gasteiger partial charge >= 0.3 is 0 Å². The number of hydrogen-bond donors (Lipinski definition) is 0. The minimum absolute atomic E-state index is 0.298. The first-order valence-electron chi connectivity index (χ1n) is 2.88. The summed E-state index contributed by atoms with van der Waals surface area (Å²) in [6.45, 7) is 3.90. The number of nitrogens with zero attached hydrogens (tertiary/aromatic N) is 3. The van der Waals surface area contributed by atoms with Crippen molar-refractivity contribution in [2.24, 2.45) is 0 Å². The van der Waals surface area contributed by atoms with Gasteiger partial charge in [-0.3, -0.25) is 14.4 Å². The molecular weight excluding hydrogens is 206 g/mol. The van der Waals surface area contributed by atoms with Crippen LogP contribution in [0, 0.1) is 0 Å². The minimum Gasteiger partial charge on any atom is -0.724 e. The van der Waals surface area contributed by atoms with Crippen molar-refractivity contribution >= 4 is 28.7 Å². The predicted molar refractivity (Wildman–Crippen MR) is 49.1 cm³/mol. The molecule has 0 aliphatic heterocycles. The quantitative estimate of drug-likeness (QED) is 0.349. The van der Waals surface area contributed by atoms with Crippen LogP contribution in [0.4, 0.5) is 0 Å². The highest BCUT2D eigenvalue weighted by Gasteiger charge is 1.78. The highest BCUT2D eigenvalue weighted by Crippen LogP contribution is 1.76. The molecular formula is C6H7N3O4Si-3. The van der Waals surface area contributed by atoms with Gasteiger partial charge in [-0.2, -0.15) is 0 Å². The van der Waals surface area contributed by atoms with Gasteiger partial charge in [0.05, 0.1) is 0 Å². The van der Waals surface area contributed by atoms with E-state index in [1.807, 2.05) is 13.8 Å². The SMILES string of the molecule is CC(C)O[Si].[N-]=C=O.[N-]=C=O.[N-]=C=O. The Hall–Kier alpha value is -1.68. The van der Waals surface area contributed by atoms with Gasteiger partial charge in [0.25, 0.3) is 0 Å². The topological polar surface area (TPSA) is 127 Å². The summed E-state index contributed by atoms with van der Waals surface area (Å²) in [5.41, 5.74) is 0. The molecule has 0 bridgehead atoms. The number of hydrogen-bond acceptors (Lipinski definition) is 4. The van der Waals surface area contributed by atoms with Gasteiger partial charge < -0.3 is 20.7 Å². The van der Waals surface area contributed by atoms with Gasteiger partial charge in [0, 0.05) is 6.10 Å². The monoisotopic (exact) mass is 213 g/mol. The highest BCUT2D eigenvalue weighted by molar-refractivity contribution is 5.98. The smallest absolute Gasteiger partial charge is 0.246 e. The summed E-state index contributed by atoms with van der Waals surface area (Å²) in [6.07, 6.45) is 1.80. The lowest BCUT2D eigenvalue weighted by molar-refractivity contribution is 0.267. The van der Waals surface area contributed by atoms with E-state index >= 15 is 0 Å². The molecule has 14 heavy (non-hydrogen) atoms. The van der Waals surface area contributed by atoms with Crippen LogP contribution in [0.25, 0.3) is 16.2 Å². The molecule has 0 aromatic heterocycles. The average Bonchev–Trinajstić information content (AvgIpc) is 2.08. The second-order valence-corrected chi connectivity index (χ2v) is 1.68. The third-order valence-electron chi connectivity index (χ3n) is 0.236. The van der Waals surface area contributed by atoms with Crippen molar-refractivity contribution in [1.82, 2.24) is 0 Å². The van der Waals surface area contributed by atoms with E-state index in [9.17, 15) is 0 Å². The maximum absolute atomic E-state index is 8.24. The third kappa shape index (κ3) is 8920. The molecule has 0 atom stereocenters. The van der Waals surface area contributed by atoms with Crippen LogP contribution in [0.15, 0.2) is 0 Å². The maximum atomic E-state index is 8.24. The molecule has 0 unspecified atom stereocenters. The lowest BCUT2D eigenvalue weighted by Gasteiger charge is -1.94. The Kier molecular flexibility index (Phi) is 69.4. The summed E-state index contributed by atoms with van der Waals surface area (Å²) in [6, 6.07) is 0. The Labute approximate surface area is 84.5 Å². The van der Waals surface area contributed by atoms with Crippen molar-refractivity contribution in [3.05, 3.63) is 16.2 Å². The van der Waals surface area contributed by atoms with Crippen molar-refractivity contribution in [3.63, 3.8) is 0 Å². The first kappa shape index (κ1) is 22.8. The van der Waals surface area contributed by atoms with Crippen molar-refractivity contribution < 1.29 is 18.8 Å². The zero-order valence-corrected chi connectivity index (χ0v) is 8.55. The van der Waals surface area contributed by atoms with E-state index in [0.717, 1.165) is 0 Å². The number of carbonyl (C=O) groups excluding carboxylic acids is 3. The lowest BCUT2D eigenvalue weighted by atomic mass is 10.5. The van der Waals surface area contributed by atoms with Gasteiger partial charge in [0.2, 0.25) is 10.5 Å². The predicted octanol–water partition coefficient (Wildman–Crippen LogP) is 0.170. The zero-order chi connectivity index (χ0) is 12.4. The fourth-order valence-electron chi connectivity index (χ4n) is 0. The molecule has 0 aliphatic carbocycles. The first-order valence-corrected chi connectivity index (χ1v) is 3.29. The van der Waals surface area contributed by atoms with E-state index in [0.29, 0.717) is 24.3 Å². The van der Waals surface area contributed by atoms with Gasteiger partial charge in [-0.25, -0.2) is 0 Å². The summed E-state index contributed by atoms with van der Waals surface area (Å²) >= 11 is 0. The molecule has 0 saturated heterocycles. The molecule has 77 valence electrons. The standard InChI is InChI=1S/C3H7OSi.3CNO/c1-3(2)4-5;3*2-1-3/h3H,1-2H3;;;/q;3*-1. The minimum atomic E-state index is 0.298. The van der Waals surface area contributed by atoms with Crippen molar-refractivity contribution in [3.8, 4) is 0 Å². The van der Waals surface area contributed by atoms with Crippen LogP contribution >= 0.6 is 0 Å². The molecule has 0 aromatic rings. The van der Waals surface area contributed by atoms with E-state index in [4.69, 9.17) is 30.6 Å². The number of isocyanates is 3. The van der Waals surface area contributed by atoms with E-state index in [1.165, 1.54) is 0 Å². The van der Waals surface area contributed by atoms with Gasteiger partial charge in [0.1, 0.15) is 0 Å². The van der Waals surface area contributed by atoms with E-state index in [2.05, 4.69) is 14.9 Å². The molecule has 7 nitrogen and oxygen atoms in total. The fraction of sp³-hybridized carbons (Fsp3) is 0.500. The average molecular weight is 213 g/mol. The molecule has 0 rings (SSSR count). The second kappa shape index (κ2) is 42.6. The van der Waals surface area contributed by atoms with Crippen LogP contribution in [0.3, 0.4) is 0 Å². The Morgan fingerprint density at radius 1 is 1.00 bits per heavy atom. The Morgan fingerprint density at radius 3 is 1.07 bits per heavy atom. The Balaban J connectivity index is -0.0000000495. The van der Waals surface area contributed by atoms with E-state index < -0.39 is 0 Å². The molecule has 0 aliphatic rings. The molecule has 8 heteroatoms. The molecule has 3 radical (unpaired) electrons. The summed E-state index contributed by atoms with van der Waals surface area (Å²) in [5, 5.41) is 20.3. The molecule has 0 aromatic carbocycles. The van der Waals surface area contributed by atoms with Gasteiger partial charge in [-0.15, -0.1) is 0 Å². The van der Waals surface area contributed by atoms with Crippen molar-refractivity contribution in [1.29, 1.82) is 0 Å². The highest BCUT2D eigenvalue weighted by atomic mass is 28.2. The Bertz CT molecular complexity index is 161. The molecule has 0 saturated carbocycles. The van der Waals surface area contributed by atoms with E-state index in [1.54, 1.807) is 0 Å². The Morgan fingerprint density at radius 2 is 1.07 bits per heavy atom.